The Labute approximate surface area is 116 Å². The molecule has 1 fully saturated rings. The number of carbonyl (C=O) groups excluding carboxylic acids is 1. The maximum Gasteiger partial charge on any atom is 0.357 e. The third-order valence-corrected chi connectivity index (χ3v) is 3.27. The largest absolute Gasteiger partial charge is 0.461 e. The van der Waals surface area contributed by atoms with Crippen molar-refractivity contribution in [2.75, 3.05) is 6.61 Å². The van der Waals surface area contributed by atoms with Crippen molar-refractivity contribution in [2.24, 2.45) is 5.92 Å². The molecular formula is C14H16N4O2. The molecule has 6 heteroatoms. The summed E-state index contributed by atoms with van der Waals surface area (Å²) < 4.78 is 6.93. The van der Waals surface area contributed by atoms with Gasteiger partial charge in [0.25, 0.3) is 0 Å². The van der Waals surface area contributed by atoms with E-state index >= 15 is 0 Å². The molecular weight excluding hydrogens is 256 g/mol. The maximum absolute atomic E-state index is 11.9. The Morgan fingerprint density at radius 3 is 3.05 bits per heavy atom. The van der Waals surface area contributed by atoms with Crippen LogP contribution < -0.4 is 0 Å². The van der Waals surface area contributed by atoms with Gasteiger partial charge >= 0.3 is 5.97 Å². The van der Waals surface area contributed by atoms with Crippen molar-refractivity contribution < 1.29 is 9.53 Å². The van der Waals surface area contributed by atoms with Crippen molar-refractivity contribution in [1.29, 1.82) is 0 Å². The van der Waals surface area contributed by atoms with Crippen LogP contribution in [0, 0.1) is 5.92 Å². The molecule has 1 aliphatic rings. The molecule has 3 rings (SSSR count). The van der Waals surface area contributed by atoms with Gasteiger partial charge in [0.15, 0.2) is 5.69 Å². The molecule has 0 unspecified atom stereocenters. The van der Waals surface area contributed by atoms with Gasteiger partial charge in [-0.25, -0.2) is 14.8 Å². The van der Waals surface area contributed by atoms with Crippen molar-refractivity contribution in [2.45, 2.75) is 26.3 Å². The van der Waals surface area contributed by atoms with Crippen molar-refractivity contribution >= 4 is 5.97 Å². The summed E-state index contributed by atoms with van der Waals surface area (Å²) in [5.74, 6) is 0.319. The molecule has 6 nitrogen and oxygen atoms in total. The fourth-order valence-corrected chi connectivity index (χ4v) is 2.07. The predicted octanol–water partition coefficient (Wildman–Crippen LogP) is 1.93. The van der Waals surface area contributed by atoms with Crippen molar-refractivity contribution in [3.63, 3.8) is 0 Å². The maximum atomic E-state index is 11.9. The van der Waals surface area contributed by atoms with Crippen molar-refractivity contribution in [3.05, 3.63) is 30.6 Å². The molecule has 104 valence electrons. The quantitative estimate of drug-likeness (QED) is 0.778. The van der Waals surface area contributed by atoms with E-state index in [2.05, 4.69) is 15.1 Å². The second-order valence-corrected chi connectivity index (χ2v) is 4.90. The first-order chi connectivity index (χ1) is 9.78. The van der Waals surface area contributed by atoms with E-state index in [9.17, 15) is 4.79 Å². The standard InChI is InChI=1S/C14H16N4O2/c1-2-20-14(19)13-12(6-15-9-16-13)11-5-17-18(8-11)7-10-3-4-10/h5-6,8-10H,2-4,7H2,1H3. The first kappa shape index (κ1) is 12.8. The Morgan fingerprint density at radius 1 is 1.45 bits per heavy atom. The van der Waals surface area contributed by atoms with Crippen LogP contribution in [0.3, 0.4) is 0 Å². The minimum atomic E-state index is -0.431. The fourth-order valence-electron chi connectivity index (χ4n) is 2.07. The SMILES string of the molecule is CCOC(=O)c1ncncc1-c1cnn(CC2CC2)c1. The summed E-state index contributed by atoms with van der Waals surface area (Å²) in [5.41, 5.74) is 1.79. The summed E-state index contributed by atoms with van der Waals surface area (Å²) in [6.07, 6.45) is 9.20. The highest BCUT2D eigenvalue weighted by atomic mass is 16.5. The van der Waals surface area contributed by atoms with Crippen LogP contribution >= 0.6 is 0 Å². The highest BCUT2D eigenvalue weighted by Gasteiger charge is 2.23. The lowest BCUT2D eigenvalue weighted by Crippen LogP contribution is -2.09. The monoisotopic (exact) mass is 272 g/mol. The normalized spacial score (nSPS) is 14.2. The fraction of sp³-hybridized carbons (Fsp3) is 0.429. The summed E-state index contributed by atoms with van der Waals surface area (Å²) >= 11 is 0. The van der Waals surface area contributed by atoms with E-state index in [4.69, 9.17) is 4.74 Å². The number of rotatable bonds is 5. The Balaban J connectivity index is 1.88. The Kier molecular flexibility index (Phi) is 3.45. The molecule has 1 saturated carbocycles. The van der Waals surface area contributed by atoms with E-state index < -0.39 is 5.97 Å². The molecule has 0 radical (unpaired) electrons. The number of ether oxygens (including phenoxy) is 1. The van der Waals surface area contributed by atoms with E-state index in [1.54, 1.807) is 19.3 Å². The summed E-state index contributed by atoms with van der Waals surface area (Å²) in [6.45, 7) is 3.03. The first-order valence-corrected chi connectivity index (χ1v) is 6.78. The number of nitrogens with zero attached hydrogens (tertiary/aromatic N) is 4. The van der Waals surface area contributed by atoms with Crippen molar-refractivity contribution in [3.8, 4) is 11.1 Å². The number of esters is 1. The van der Waals surface area contributed by atoms with E-state index in [0.717, 1.165) is 18.0 Å². The Morgan fingerprint density at radius 2 is 2.30 bits per heavy atom. The zero-order chi connectivity index (χ0) is 13.9. The van der Waals surface area contributed by atoms with Crippen LogP contribution in [0.1, 0.15) is 30.3 Å². The average Bonchev–Trinajstić information content (AvgIpc) is 3.15. The molecule has 0 amide bonds. The molecule has 0 N–H and O–H groups in total. The van der Waals surface area contributed by atoms with Crippen LogP contribution in [0.4, 0.5) is 0 Å². The molecule has 0 aliphatic heterocycles. The Hall–Kier alpha value is -2.24. The summed E-state index contributed by atoms with van der Waals surface area (Å²) in [4.78, 5) is 19.9. The van der Waals surface area contributed by atoms with Gasteiger partial charge in [-0.3, -0.25) is 4.68 Å². The van der Waals surface area contributed by atoms with Gasteiger partial charge in [0.2, 0.25) is 0 Å². The smallest absolute Gasteiger partial charge is 0.357 e. The minimum Gasteiger partial charge on any atom is -0.461 e. The predicted molar refractivity (Wildman–Crippen MR) is 71.9 cm³/mol. The van der Waals surface area contributed by atoms with Gasteiger partial charge in [-0.1, -0.05) is 0 Å². The van der Waals surface area contributed by atoms with Crippen LogP contribution in [0.15, 0.2) is 24.9 Å². The van der Waals surface area contributed by atoms with Crippen LogP contribution in [-0.2, 0) is 11.3 Å². The molecule has 0 spiro atoms. The lowest BCUT2D eigenvalue weighted by atomic mass is 10.1. The van der Waals surface area contributed by atoms with E-state index in [-0.39, 0.29) is 5.69 Å². The molecule has 2 heterocycles. The van der Waals surface area contributed by atoms with Gasteiger partial charge in [0, 0.05) is 30.1 Å². The topological polar surface area (TPSA) is 69.9 Å². The summed E-state index contributed by atoms with van der Waals surface area (Å²) in [7, 11) is 0. The zero-order valence-electron chi connectivity index (χ0n) is 11.3. The summed E-state index contributed by atoms with van der Waals surface area (Å²) in [5, 5.41) is 4.33. The van der Waals surface area contributed by atoms with Gasteiger partial charge < -0.3 is 4.74 Å². The molecule has 0 aromatic carbocycles. The highest BCUT2D eigenvalue weighted by molar-refractivity contribution is 5.94. The highest BCUT2D eigenvalue weighted by Crippen LogP contribution is 2.31. The molecule has 2 aromatic heterocycles. The van der Waals surface area contributed by atoms with Crippen molar-refractivity contribution in [1.82, 2.24) is 19.7 Å². The van der Waals surface area contributed by atoms with Crippen LogP contribution in [0.2, 0.25) is 0 Å². The van der Waals surface area contributed by atoms with Gasteiger partial charge in [-0.2, -0.15) is 5.10 Å². The van der Waals surface area contributed by atoms with E-state index in [1.165, 1.54) is 19.2 Å². The average molecular weight is 272 g/mol. The molecule has 1 aliphatic carbocycles. The number of aromatic nitrogens is 4. The second-order valence-electron chi connectivity index (χ2n) is 4.90. The van der Waals surface area contributed by atoms with Gasteiger partial charge in [0.1, 0.15) is 6.33 Å². The lowest BCUT2D eigenvalue weighted by molar-refractivity contribution is 0.0520. The molecule has 2 aromatic rings. The third kappa shape index (κ3) is 2.68. The van der Waals surface area contributed by atoms with Gasteiger partial charge in [0.05, 0.1) is 12.8 Å². The first-order valence-electron chi connectivity index (χ1n) is 6.78. The molecule has 20 heavy (non-hydrogen) atoms. The number of carbonyl (C=O) groups is 1. The van der Waals surface area contributed by atoms with Crippen LogP contribution in [0.5, 0.6) is 0 Å². The lowest BCUT2D eigenvalue weighted by Gasteiger charge is -2.05. The number of hydrogen-bond donors (Lipinski definition) is 0. The van der Waals surface area contributed by atoms with E-state index in [1.807, 2.05) is 10.9 Å². The summed E-state index contributed by atoms with van der Waals surface area (Å²) in [6, 6.07) is 0. The third-order valence-electron chi connectivity index (χ3n) is 3.27. The van der Waals surface area contributed by atoms with Crippen LogP contribution in [-0.4, -0.2) is 32.3 Å². The molecule has 0 bridgehead atoms. The molecule has 0 atom stereocenters. The second kappa shape index (κ2) is 5.40. The Bertz CT molecular complexity index is 619. The molecule has 0 saturated heterocycles. The zero-order valence-corrected chi connectivity index (χ0v) is 11.3. The number of hydrogen-bond acceptors (Lipinski definition) is 5. The van der Waals surface area contributed by atoms with E-state index in [0.29, 0.717) is 12.2 Å². The minimum absolute atomic E-state index is 0.285. The van der Waals surface area contributed by atoms with Crippen LogP contribution in [0.25, 0.3) is 11.1 Å². The van der Waals surface area contributed by atoms with Gasteiger partial charge in [-0.15, -0.1) is 0 Å². The van der Waals surface area contributed by atoms with Gasteiger partial charge in [-0.05, 0) is 25.7 Å².